The number of hydrogen-bond donors (Lipinski definition) is 0. The maximum atomic E-state index is 2.26. The van der Waals surface area contributed by atoms with Crippen molar-refractivity contribution in [2.45, 2.75) is 56.6 Å². The van der Waals surface area contributed by atoms with Crippen LogP contribution in [0.3, 0.4) is 0 Å². The third-order valence-corrected chi connectivity index (χ3v) is 4.96. The summed E-state index contributed by atoms with van der Waals surface area (Å²) in [5.41, 5.74) is 0. The Morgan fingerprint density at radius 1 is 0.750 bits per heavy atom. The van der Waals surface area contributed by atoms with Crippen LogP contribution < -0.4 is 0 Å². The zero-order chi connectivity index (χ0) is 8.23. The molecule has 0 N–H and O–H groups in total. The Morgan fingerprint density at radius 3 is 2.08 bits per heavy atom. The quantitative estimate of drug-likeness (QED) is 0.558. The van der Waals surface area contributed by atoms with Gasteiger partial charge >= 0.3 is 0 Å². The minimum absolute atomic E-state index is 1.06. The van der Waals surface area contributed by atoms with Crippen molar-refractivity contribution in [2.24, 2.45) is 5.92 Å². The first kappa shape index (κ1) is 8.93. The average Bonchev–Trinajstić information content (AvgIpc) is 2.48. The molecule has 2 aliphatic rings. The van der Waals surface area contributed by atoms with E-state index in [0.29, 0.717) is 0 Å². The summed E-state index contributed by atoms with van der Waals surface area (Å²) < 4.78 is 0. The van der Waals surface area contributed by atoms with Crippen molar-refractivity contribution in [3.63, 3.8) is 0 Å². The van der Waals surface area contributed by atoms with Crippen LogP contribution in [0.1, 0.15) is 51.4 Å². The van der Waals surface area contributed by atoms with Gasteiger partial charge in [-0.05, 0) is 37.4 Å². The number of hydrogen-bond acceptors (Lipinski definition) is 1. The highest BCUT2D eigenvalue weighted by Crippen LogP contribution is 2.38. The molecular weight excluding hydrogens is 164 g/mol. The lowest BCUT2D eigenvalue weighted by atomic mass is 9.94. The Bertz CT molecular complexity index is 119. The van der Waals surface area contributed by atoms with Crippen molar-refractivity contribution in [2.75, 3.05) is 5.75 Å². The van der Waals surface area contributed by atoms with E-state index in [2.05, 4.69) is 11.8 Å². The molecule has 0 spiro atoms. The minimum Gasteiger partial charge on any atom is -0.158 e. The molecule has 70 valence electrons. The maximum absolute atomic E-state index is 2.26. The third-order valence-electron chi connectivity index (χ3n) is 3.39. The Morgan fingerprint density at radius 2 is 1.50 bits per heavy atom. The lowest BCUT2D eigenvalue weighted by Crippen LogP contribution is -2.13. The van der Waals surface area contributed by atoms with E-state index < -0.39 is 0 Å². The van der Waals surface area contributed by atoms with Crippen LogP contribution in [-0.4, -0.2) is 11.0 Å². The van der Waals surface area contributed by atoms with Gasteiger partial charge in [0.25, 0.3) is 0 Å². The van der Waals surface area contributed by atoms with E-state index in [1.807, 2.05) is 0 Å². The van der Waals surface area contributed by atoms with Crippen molar-refractivity contribution < 1.29 is 0 Å². The fraction of sp³-hybridized carbons (Fsp3) is 1.00. The number of thioether (sulfide) groups is 1. The number of rotatable bonds is 1. The van der Waals surface area contributed by atoms with Crippen molar-refractivity contribution in [1.29, 1.82) is 0 Å². The minimum atomic E-state index is 1.06. The highest BCUT2D eigenvalue weighted by atomic mass is 32.2. The van der Waals surface area contributed by atoms with Gasteiger partial charge in [-0.3, -0.25) is 0 Å². The van der Waals surface area contributed by atoms with Crippen LogP contribution in [0.5, 0.6) is 0 Å². The molecule has 1 aliphatic carbocycles. The SMILES string of the molecule is C1CCCC(C2CCCS2)CC1. The van der Waals surface area contributed by atoms with Crippen LogP contribution in [0.15, 0.2) is 0 Å². The standard InChI is InChI=1S/C11H20S/c1-2-4-7-10(6-3-1)11-8-5-9-12-11/h10-11H,1-9H2. The monoisotopic (exact) mass is 184 g/mol. The van der Waals surface area contributed by atoms with E-state index in [0.717, 1.165) is 11.2 Å². The lowest BCUT2D eigenvalue weighted by molar-refractivity contribution is 0.435. The molecule has 1 aliphatic heterocycles. The first-order chi connectivity index (χ1) is 5.97. The molecule has 1 heteroatoms. The van der Waals surface area contributed by atoms with Crippen molar-refractivity contribution >= 4 is 11.8 Å². The zero-order valence-electron chi connectivity index (χ0n) is 7.93. The summed E-state index contributed by atoms with van der Waals surface area (Å²) in [7, 11) is 0. The summed E-state index contributed by atoms with van der Waals surface area (Å²) in [5, 5.41) is 1.06. The molecule has 1 atom stereocenters. The second kappa shape index (κ2) is 4.55. The van der Waals surface area contributed by atoms with E-state index in [1.165, 1.54) is 57.1 Å². The first-order valence-electron chi connectivity index (χ1n) is 5.58. The fourth-order valence-corrected chi connectivity index (χ4v) is 4.17. The molecule has 1 heterocycles. The second-order valence-corrected chi connectivity index (χ2v) is 5.65. The van der Waals surface area contributed by atoms with Gasteiger partial charge in [0.1, 0.15) is 0 Å². The van der Waals surface area contributed by atoms with Crippen LogP contribution in [0.25, 0.3) is 0 Å². The van der Waals surface area contributed by atoms with Crippen LogP contribution in [0.2, 0.25) is 0 Å². The van der Waals surface area contributed by atoms with Gasteiger partial charge in [0.2, 0.25) is 0 Å². The van der Waals surface area contributed by atoms with Crippen molar-refractivity contribution in [1.82, 2.24) is 0 Å². The second-order valence-electron chi connectivity index (χ2n) is 4.30. The average molecular weight is 184 g/mol. The van der Waals surface area contributed by atoms with Crippen molar-refractivity contribution in [3.8, 4) is 0 Å². The van der Waals surface area contributed by atoms with E-state index in [1.54, 1.807) is 0 Å². The van der Waals surface area contributed by atoms with Gasteiger partial charge in [-0.15, -0.1) is 0 Å². The fourth-order valence-electron chi connectivity index (χ4n) is 2.66. The Balaban J connectivity index is 1.83. The molecule has 0 radical (unpaired) electrons. The lowest BCUT2D eigenvalue weighted by Gasteiger charge is -2.20. The van der Waals surface area contributed by atoms with Crippen LogP contribution in [0, 0.1) is 5.92 Å². The van der Waals surface area contributed by atoms with Crippen LogP contribution in [0.4, 0.5) is 0 Å². The molecule has 1 saturated heterocycles. The molecule has 0 aromatic rings. The predicted molar refractivity (Wildman–Crippen MR) is 56.7 cm³/mol. The smallest absolute Gasteiger partial charge is 0.00756 e. The Hall–Kier alpha value is 0.350. The molecule has 2 rings (SSSR count). The van der Waals surface area contributed by atoms with Gasteiger partial charge in [0.05, 0.1) is 0 Å². The third kappa shape index (κ3) is 2.18. The largest absolute Gasteiger partial charge is 0.158 e. The van der Waals surface area contributed by atoms with Crippen molar-refractivity contribution in [3.05, 3.63) is 0 Å². The van der Waals surface area contributed by atoms with E-state index >= 15 is 0 Å². The summed E-state index contributed by atoms with van der Waals surface area (Å²) in [6.07, 6.45) is 12.1. The van der Waals surface area contributed by atoms with Crippen LogP contribution >= 0.6 is 11.8 Å². The molecule has 0 aromatic heterocycles. The summed E-state index contributed by atoms with van der Waals surface area (Å²) in [6, 6.07) is 0. The topological polar surface area (TPSA) is 0 Å². The molecular formula is C11H20S. The maximum Gasteiger partial charge on any atom is 0.00756 e. The van der Waals surface area contributed by atoms with Gasteiger partial charge < -0.3 is 0 Å². The highest BCUT2D eigenvalue weighted by Gasteiger charge is 2.25. The molecule has 0 nitrogen and oxygen atoms in total. The normalized spacial score (nSPS) is 33.5. The van der Waals surface area contributed by atoms with Gasteiger partial charge in [-0.2, -0.15) is 11.8 Å². The van der Waals surface area contributed by atoms with Gasteiger partial charge in [0.15, 0.2) is 0 Å². The first-order valence-corrected chi connectivity index (χ1v) is 6.63. The van der Waals surface area contributed by atoms with E-state index in [4.69, 9.17) is 0 Å². The molecule has 1 saturated carbocycles. The van der Waals surface area contributed by atoms with Gasteiger partial charge in [0, 0.05) is 5.25 Å². The Labute approximate surface area is 80.5 Å². The molecule has 2 fully saturated rings. The van der Waals surface area contributed by atoms with Gasteiger partial charge in [-0.1, -0.05) is 25.7 Å². The predicted octanol–water partition coefficient (Wildman–Crippen LogP) is 3.85. The molecule has 0 bridgehead atoms. The summed E-state index contributed by atoms with van der Waals surface area (Å²) in [5.74, 6) is 2.54. The highest BCUT2D eigenvalue weighted by molar-refractivity contribution is 8.00. The summed E-state index contributed by atoms with van der Waals surface area (Å²) in [6.45, 7) is 0. The van der Waals surface area contributed by atoms with E-state index in [-0.39, 0.29) is 0 Å². The van der Waals surface area contributed by atoms with Crippen LogP contribution in [-0.2, 0) is 0 Å². The zero-order valence-corrected chi connectivity index (χ0v) is 8.74. The molecule has 1 unspecified atom stereocenters. The molecule has 0 amide bonds. The van der Waals surface area contributed by atoms with Gasteiger partial charge in [-0.25, -0.2) is 0 Å². The summed E-state index contributed by atoms with van der Waals surface area (Å²) in [4.78, 5) is 0. The summed E-state index contributed by atoms with van der Waals surface area (Å²) >= 11 is 2.26. The molecule has 12 heavy (non-hydrogen) atoms. The molecule has 0 aromatic carbocycles. The Kier molecular flexibility index (Phi) is 3.38. The van der Waals surface area contributed by atoms with E-state index in [9.17, 15) is 0 Å².